The summed E-state index contributed by atoms with van der Waals surface area (Å²) in [5, 5.41) is 11.8. The smallest absolute Gasteiger partial charge is 0.407 e. The van der Waals surface area contributed by atoms with Gasteiger partial charge in [0.05, 0.1) is 31.5 Å². The molecule has 0 aromatic rings. The van der Waals surface area contributed by atoms with Gasteiger partial charge in [-0.3, -0.25) is 0 Å². The molecule has 0 aliphatic carbocycles. The SMILES string of the molecule is CC(C)OC(=O)NC1COCC1O. The molecule has 0 bridgehead atoms. The fourth-order valence-corrected chi connectivity index (χ4v) is 1.08. The number of alkyl carbamates (subject to hydrolysis) is 1. The minimum absolute atomic E-state index is 0.153. The lowest BCUT2D eigenvalue weighted by Crippen LogP contribution is -2.43. The zero-order chi connectivity index (χ0) is 9.84. The fraction of sp³-hybridized carbons (Fsp3) is 0.875. The van der Waals surface area contributed by atoms with Gasteiger partial charge in [-0.15, -0.1) is 0 Å². The lowest BCUT2D eigenvalue weighted by atomic mass is 10.2. The van der Waals surface area contributed by atoms with E-state index in [0.717, 1.165) is 0 Å². The summed E-state index contributed by atoms with van der Waals surface area (Å²) in [4.78, 5) is 11.1. The first kappa shape index (κ1) is 10.3. The monoisotopic (exact) mass is 189 g/mol. The van der Waals surface area contributed by atoms with E-state index >= 15 is 0 Å². The van der Waals surface area contributed by atoms with Crippen LogP contribution in [-0.4, -0.2) is 42.7 Å². The van der Waals surface area contributed by atoms with Gasteiger partial charge in [-0.2, -0.15) is 0 Å². The summed E-state index contributed by atoms with van der Waals surface area (Å²) >= 11 is 0. The first-order chi connectivity index (χ1) is 6.09. The molecule has 0 spiro atoms. The minimum Gasteiger partial charge on any atom is -0.447 e. The molecule has 2 unspecified atom stereocenters. The number of nitrogens with one attached hydrogen (secondary N) is 1. The summed E-state index contributed by atoms with van der Waals surface area (Å²) in [5.41, 5.74) is 0. The number of aliphatic hydroxyl groups excluding tert-OH is 1. The van der Waals surface area contributed by atoms with Gasteiger partial charge in [-0.1, -0.05) is 0 Å². The van der Waals surface area contributed by atoms with Gasteiger partial charge < -0.3 is 19.9 Å². The summed E-state index contributed by atoms with van der Waals surface area (Å²) in [7, 11) is 0. The molecule has 76 valence electrons. The van der Waals surface area contributed by atoms with Crippen LogP contribution >= 0.6 is 0 Å². The number of carbonyl (C=O) groups excluding carboxylic acids is 1. The van der Waals surface area contributed by atoms with Gasteiger partial charge in [0, 0.05) is 0 Å². The van der Waals surface area contributed by atoms with Crippen LogP contribution in [0.15, 0.2) is 0 Å². The van der Waals surface area contributed by atoms with E-state index in [9.17, 15) is 9.90 Å². The molecular weight excluding hydrogens is 174 g/mol. The van der Waals surface area contributed by atoms with Crippen LogP contribution < -0.4 is 5.32 Å². The van der Waals surface area contributed by atoms with Gasteiger partial charge >= 0.3 is 6.09 Å². The van der Waals surface area contributed by atoms with Crippen molar-refractivity contribution in [3.63, 3.8) is 0 Å². The molecule has 1 amide bonds. The molecule has 5 heteroatoms. The van der Waals surface area contributed by atoms with Crippen molar-refractivity contribution in [2.75, 3.05) is 13.2 Å². The number of amides is 1. The largest absolute Gasteiger partial charge is 0.447 e. The maximum Gasteiger partial charge on any atom is 0.407 e. The Morgan fingerprint density at radius 1 is 1.62 bits per heavy atom. The van der Waals surface area contributed by atoms with E-state index < -0.39 is 12.2 Å². The van der Waals surface area contributed by atoms with Crippen LogP contribution in [0.25, 0.3) is 0 Å². The standard InChI is InChI=1S/C8H15NO4/c1-5(2)13-8(11)9-6-3-12-4-7(6)10/h5-7,10H,3-4H2,1-2H3,(H,9,11). The van der Waals surface area contributed by atoms with E-state index in [2.05, 4.69) is 5.32 Å². The highest BCUT2D eigenvalue weighted by Crippen LogP contribution is 2.05. The molecule has 2 N–H and O–H groups in total. The normalized spacial score (nSPS) is 27.7. The predicted octanol–water partition coefficient (Wildman–Crippen LogP) is -0.119. The van der Waals surface area contributed by atoms with Crippen LogP contribution in [0.1, 0.15) is 13.8 Å². The Morgan fingerprint density at radius 2 is 2.31 bits per heavy atom. The summed E-state index contributed by atoms with van der Waals surface area (Å²) in [6, 6.07) is -0.341. The van der Waals surface area contributed by atoms with Crippen LogP contribution in [0, 0.1) is 0 Å². The summed E-state index contributed by atoms with van der Waals surface area (Å²) in [6.45, 7) is 4.14. The molecule has 0 saturated carbocycles. The topological polar surface area (TPSA) is 67.8 Å². The highest BCUT2D eigenvalue weighted by atomic mass is 16.6. The Hall–Kier alpha value is -0.810. The second-order valence-corrected chi connectivity index (χ2v) is 3.31. The number of carbonyl (C=O) groups is 1. The molecule has 0 aromatic carbocycles. The molecule has 0 radical (unpaired) electrons. The van der Waals surface area contributed by atoms with E-state index in [-0.39, 0.29) is 18.8 Å². The molecule has 13 heavy (non-hydrogen) atoms. The third kappa shape index (κ3) is 3.20. The third-order valence-electron chi connectivity index (χ3n) is 1.70. The van der Waals surface area contributed by atoms with E-state index in [1.807, 2.05) is 0 Å². The van der Waals surface area contributed by atoms with Gasteiger partial charge in [0.2, 0.25) is 0 Å². The molecule has 1 saturated heterocycles. The molecule has 5 nitrogen and oxygen atoms in total. The zero-order valence-corrected chi connectivity index (χ0v) is 7.82. The Balaban J connectivity index is 2.27. The lowest BCUT2D eigenvalue weighted by molar-refractivity contribution is 0.0992. The number of aliphatic hydroxyl groups is 1. The Bertz CT molecular complexity index is 183. The molecular formula is C8H15NO4. The van der Waals surface area contributed by atoms with E-state index in [4.69, 9.17) is 9.47 Å². The Labute approximate surface area is 77.0 Å². The molecule has 1 heterocycles. The van der Waals surface area contributed by atoms with Crippen LogP contribution in [0.2, 0.25) is 0 Å². The summed E-state index contributed by atoms with van der Waals surface area (Å²) < 4.78 is 9.80. The summed E-state index contributed by atoms with van der Waals surface area (Å²) in [5.74, 6) is 0. The number of hydrogen-bond acceptors (Lipinski definition) is 4. The van der Waals surface area contributed by atoms with E-state index in [1.165, 1.54) is 0 Å². The average molecular weight is 189 g/mol. The van der Waals surface area contributed by atoms with Gasteiger partial charge in [0.1, 0.15) is 0 Å². The van der Waals surface area contributed by atoms with Crippen LogP contribution in [0.5, 0.6) is 0 Å². The van der Waals surface area contributed by atoms with Gasteiger partial charge in [0.25, 0.3) is 0 Å². The highest BCUT2D eigenvalue weighted by Gasteiger charge is 2.28. The molecule has 1 aliphatic heterocycles. The number of hydrogen-bond donors (Lipinski definition) is 2. The minimum atomic E-state index is -0.625. The Morgan fingerprint density at radius 3 is 2.77 bits per heavy atom. The van der Waals surface area contributed by atoms with Gasteiger partial charge in [0.15, 0.2) is 0 Å². The van der Waals surface area contributed by atoms with Crippen molar-refractivity contribution in [2.24, 2.45) is 0 Å². The van der Waals surface area contributed by atoms with Crippen LogP contribution in [0.4, 0.5) is 4.79 Å². The second-order valence-electron chi connectivity index (χ2n) is 3.31. The molecule has 1 rings (SSSR count). The lowest BCUT2D eigenvalue weighted by Gasteiger charge is -2.15. The Kier molecular flexibility index (Phi) is 3.50. The zero-order valence-electron chi connectivity index (χ0n) is 7.82. The number of rotatable bonds is 2. The van der Waals surface area contributed by atoms with Crippen LogP contribution in [-0.2, 0) is 9.47 Å². The first-order valence-electron chi connectivity index (χ1n) is 4.32. The third-order valence-corrected chi connectivity index (χ3v) is 1.70. The van der Waals surface area contributed by atoms with E-state index in [0.29, 0.717) is 6.61 Å². The van der Waals surface area contributed by atoms with Crippen molar-refractivity contribution in [3.05, 3.63) is 0 Å². The van der Waals surface area contributed by atoms with Crippen molar-refractivity contribution in [1.29, 1.82) is 0 Å². The number of ether oxygens (including phenoxy) is 2. The van der Waals surface area contributed by atoms with Crippen molar-refractivity contribution in [1.82, 2.24) is 5.32 Å². The van der Waals surface area contributed by atoms with Gasteiger partial charge in [-0.25, -0.2) is 4.79 Å². The molecule has 1 fully saturated rings. The van der Waals surface area contributed by atoms with Crippen molar-refractivity contribution in [3.8, 4) is 0 Å². The second kappa shape index (κ2) is 4.43. The van der Waals surface area contributed by atoms with Crippen LogP contribution in [0.3, 0.4) is 0 Å². The quantitative estimate of drug-likeness (QED) is 0.635. The maximum atomic E-state index is 11.1. The van der Waals surface area contributed by atoms with Gasteiger partial charge in [-0.05, 0) is 13.8 Å². The summed E-state index contributed by atoms with van der Waals surface area (Å²) in [6.07, 6.45) is -1.29. The van der Waals surface area contributed by atoms with Crippen molar-refractivity contribution in [2.45, 2.75) is 32.1 Å². The molecule has 1 aliphatic rings. The maximum absolute atomic E-state index is 11.1. The predicted molar refractivity (Wildman–Crippen MR) is 45.4 cm³/mol. The molecule has 2 atom stereocenters. The molecule has 0 aromatic heterocycles. The van der Waals surface area contributed by atoms with Crippen molar-refractivity contribution >= 4 is 6.09 Å². The highest BCUT2D eigenvalue weighted by molar-refractivity contribution is 5.67. The first-order valence-corrected chi connectivity index (χ1v) is 4.32. The average Bonchev–Trinajstić information content (AvgIpc) is 2.34. The van der Waals surface area contributed by atoms with E-state index in [1.54, 1.807) is 13.8 Å². The van der Waals surface area contributed by atoms with Crippen molar-refractivity contribution < 1.29 is 19.4 Å². The fourth-order valence-electron chi connectivity index (χ4n) is 1.08.